The minimum Gasteiger partial charge on any atom is -0.378 e. The third kappa shape index (κ3) is 3.74. The molecule has 0 spiro atoms. The van der Waals surface area contributed by atoms with Crippen LogP contribution in [0.5, 0.6) is 0 Å². The lowest BCUT2D eigenvalue weighted by atomic mass is 9.97. The zero-order chi connectivity index (χ0) is 22.2. The van der Waals surface area contributed by atoms with Crippen LogP contribution < -0.4 is 11.0 Å². The number of aromatic nitrogens is 3. The summed E-state index contributed by atoms with van der Waals surface area (Å²) in [6.07, 6.45) is 4.77. The lowest BCUT2D eigenvalue weighted by Gasteiger charge is -2.38. The number of nitrogens with zero attached hydrogens (tertiary/aromatic N) is 4. The molecule has 2 aliphatic rings. The van der Waals surface area contributed by atoms with E-state index in [1.807, 2.05) is 12.3 Å². The second kappa shape index (κ2) is 8.33. The fourth-order valence-electron chi connectivity index (χ4n) is 4.59. The summed E-state index contributed by atoms with van der Waals surface area (Å²) in [7, 11) is 1.60. The Labute approximate surface area is 187 Å². The molecule has 32 heavy (non-hydrogen) atoms. The van der Waals surface area contributed by atoms with E-state index in [9.17, 15) is 4.79 Å². The van der Waals surface area contributed by atoms with Gasteiger partial charge in [-0.05, 0) is 48.3 Å². The molecular weight excluding hydrogens is 402 g/mol. The molecular formula is C25H27N5O2. The summed E-state index contributed by atoms with van der Waals surface area (Å²) in [4.78, 5) is 24.4. The monoisotopic (exact) mass is 429 g/mol. The molecule has 0 saturated carbocycles. The van der Waals surface area contributed by atoms with Gasteiger partial charge in [0, 0.05) is 50.1 Å². The zero-order valence-electron chi connectivity index (χ0n) is 18.6. The van der Waals surface area contributed by atoms with Crippen molar-refractivity contribution >= 4 is 6.08 Å². The summed E-state index contributed by atoms with van der Waals surface area (Å²) in [6, 6.07) is 12.2. The predicted molar refractivity (Wildman–Crippen MR) is 125 cm³/mol. The fraction of sp³-hybridized carbons (Fsp3) is 0.320. The Kier molecular flexibility index (Phi) is 5.36. The summed E-state index contributed by atoms with van der Waals surface area (Å²) in [6.45, 7) is 6.16. The minimum absolute atomic E-state index is 0.0782. The number of ether oxygens (including phenoxy) is 1. The number of benzene rings is 1. The number of rotatable bonds is 4. The first kappa shape index (κ1) is 20.6. The van der Waals surface area contributed by atoms with Gasteiger partial charge in [0.05, 0.1) is 12.3 Å². The largest absolute Gasteiger partial charge is 0.378 e. The molecule has 7 nitrogen and oxygen atoms in total. The Morgan fingerprint density at radius 1 is 1.22 bits per heavy atom. The van der Waals surface area contributed by atoms with E-state index >= 15 is 0 Å². The van der Waals surface area contributed by atoms with Gasteiger partial charge in [-0.25, -0.2) is 9.66 Å². The molecule has 0 bridgehead atoms. The van der Waals surface area contributed by atoms with Crippen molar-refractivity contribution in [2.24, 2.45) is 0 Å². The van der Waals surface area contributed by atoms with Gasteiger partial charge in [-0.3, -0.25) is 20.1 Å². The average Bonchev–Trinajstić information content (AvgIpc) is 2.78. The number of nitrogens with one attached hydrogen (secondary N) is 1. The highest BCUT2D eigenvalue weighted by molar-refractivity contribution is 5.67. The van der Waals surface area contributed by atoms with Crippen LogP contribution in [0.2, 0.25) is 0 Å². The molecule has 3 aromatic rings. The fourth-order valence-corrected chi connectivity index (χ4v) is 4.59. The van der Waals surface area contributed by atoms with Crippen LogP contribution in [-0.4, -0.2) is 39.4 Å². The Morgan fingerprint density at radius 3 is 2.88 bits per heavy atom. The molecule has 4 heterocycles. The predicted octanol–water partition coefficient (Wildman–Crippen LogP) is 3.10. The molecule has 0 aliphatic carbocycles. The van der Waals surface area contributed by atoms with Crippen LogP contribution >= 0.6 is 0 Å². The molecule has 2 aromatic heterocycles. The molecule has 1 unspecified atom stereocenters. The smallest absolute Gasteiger partial charge is 0.272 e. The van der Waals surface area contributed by atoms with Crippen LogP contribution in [-0.2, 0) is 24.3 Å². The van der Waals surface area contributed by atoms with Gasteiger partial charge in [0.1, 0.15) is 6.17 Å². The Hall–Kier alpha value is -3.29. The van der Waals surface area contributed by atoms with Crippen molar-refractivity contribution in [1.29, 1.82) is 0 Å². The van der Waals surface area contributed by atoms with E-state index in [1.54, 1.807) is 7.11 Å². The Morgan fingerprint density at radius 2 is 2.06 bits per heavy atom. The molecule has 164 valence electrons. The van der Waals surface area contributed by atoms with Crippen LogP contribution in [0.1, 0.15) is 35.3 Å². The number of hydrogen-bond acceptors (Lipinski definition) is 6. The van der Waals surface area contributed by atoms with Gasteiger partial charge in [0.25, 0.3) is 5.56 Å². The highest BCUT2D eigenvalue weighted by atomic mass is 16.5. The average molecular weight is 430 g/mol. The summed E-state index contributed by atoms with van der Waals surface area (Å²) in [5.41, 5.74) is 11.0. The van der Waals surface area contributed by atoms with E-state index in [4.69, 9.17) is 9.72 Å². The highest BCUT2D eigenvalue weighted by Crippen LogP contribution is 2.29. The molecule has 0 saturated heterocycles. The van der Waals surface area contributed by atoms with E-state index in [2.05, 4.69) is 59.5 Å². The van der Waals surface area contributed by atoms with Gasteiger partial charge >= 0.3 is 0 Å². The van der Waals surface area contributed by atoms with Crippen molar-refractivity contribution < 1.29 is 4.74 Å². The molecule has 5 rings (SSSR count). The van der Waals surface area contributed by atoms with Crippen LogP contribution in [0, 0.1) is 6.92 Å². The molecule has 7 heteroatoms. The van der Waals surface area contributed by atoms with Crippen LogP contribution in [0.25, 0.3) is 17.2 Å². The van der Waals surface area contributed by atoms with E-state index in [0.29, 0.717) is 18.1 Å². The van der Waals surface area contributed by atoms with E-state index in [0.717, 1.165) is 36.3 Å². The van der Waals surface area contributed by atoms with Crippen molar-refractivity contribution in [2.75, 3.05) is 19.1 Å². The molecule has 1 N–H and O–H groups in total. The van der Waals surface area contributed by atoms with Crippen molar-refractivity contribution in [3.05, 3.63) is 86.9 Å². The number of pyridine rings is 1. The van der Waals surface area contributed by atoms with E-state index in [1.165, 1.54) is 27.4 Å². The quantitative estimate of drug-likeness (QED) is 0.687. The number of aryl methyl sites for hydroxylation is 1. The van der Waals surface area contributed by atoms with Gasteiger partial charge in [0.15, 0.2) is 5.82 Å². The maximum atomic E-state index is 12.7. The van der Waals surface area contributed by atoms with Crippen molar-refractivity contribution in [3.63, 3.8) is 0 Å². The second-order valence-corrected chi connectivity index (χ2v) is 8.50. The summed E-state index contributed by atoms with van der Waals surface area (Å²) >= 11 is 0. The number of methoxy groups -OCH3 is 1. The summed E-state index contributed by atoms with van der Waals surface area (Å²) < 4.78 is 6.67. The second-order valence-electron chi connectivity index (χ2n) is 8.50. The van der Waals surface area contributed by atoms with Crippen LogP contribution in [0.4, 0.5) is 0 Å². The Balaban J connectivity index is 1.43. The first-order valence-electron chi connectivity index (χ1n) is 10.9. The zero-order valence-corrected chi connectivity index (χ0v) is 18.6. The maximum absolute atomic E-state index is 12.7. The first-order valence-corrected chi connectivity index (χ1v) is 10.9. The summed E-state index contributed by atoms with van der Waals surface area (Å²) in [5, 5.41) is 0. The normalized spacial score (nSPS) is 17.8. The van der Waals surface area contributed by atoms with Crippen molar-refractivity contribution in [1.82, 2.24) is 19.5 Å². The van der Waals surface area contributed by atoms with Crippen LogP contribution in [0.3, 0.4) is 0 Å². The molecule has 0 amide bonds. The van der Waals surface area contributed by atoms with Crippen molar-refractivity contribution in [3.8, 4) is 11.1 Å². The SMILES string of the molecule is COCc1cc(=O)n2c(n1)C=C(C)C(N1CCc3ncc(-c4ccccc4C)cc3C1)N2. The third-order valence-electron chi connectivity index (χ3n) is 6.22. The van der Waals surface area contributed by atoms with Gasteiger partial charge in [-0.2, -0.15) is 0 Å². The molecule has 0 fully saturated rings. The molecule has 0 radical (unpaired) electrons. The van der Waals surface area contributed by atoms with Gasteiger partial charge in [0.2, 0.25) is 0 Å². The van der Waals surface area contributed by atoms with E-state index in [-0.39, 0.29) is 11.7 Å². The number of fused-ring (bicyclic) bond motifs is 2. The molecule has 2 aliphatic heterocycles. The Bertz CT molecular complexity index is 1260. The standard InChI is InChI=1S/C25H27N5O2/c1-16-6-4-5-7-21(16)18-11-19-14-29(9-8-22(19)26-13-18)25-17(2)10-23-27-20(15-32-3)12-24(31)30(23)28-25/h4-7,10-13,25,28H,8-9,14-15H2,1-3H3. The maximum Gasteiger partial charge on any atom is 0.272 e. The van der Waals surface area contributed by atoms with Crippen LogP contribution in [0.15, 0.2) is 53.0 Å². The van der Waals surface area contributed by atoms with Gasteiger partial charge in [-0.15, -0.1) is 0 Å². The minimum atomic E-state index is -0.128. The first-order chi connectivity index (χ1) is 15.5. The molecule has 1 aromatic carbocycles. The topological polar surface area (TPSA) is 72.3 Å². The lowest BCUT2D eigenvalue weighted by molar-refractivity contribution is 0.180. The molecule has 1 atom stereocenters. The highest BCUT2D eigenvalue weighted by Gasteiger charge is 2.29. The number of hydrogen-bond donors (Lipinski definition) is 1. The van der Waals surface area contributed by atoms with E-state index < -0.39 is 0 Å². The third-order valence-corrected chi connectivity index (χ3v) is 6.22. The van der Waals surface area contributed by atoms with Gasteiger partial charge in [-0.1, -0.05) is 24.3 Å². The van der Waals surface area contributed by atoms with Gasteiger partial charge < -0.3 is 4.74 Å². The summed E-state index contributed by atoms with van der Waals surface area (Å²) in [5.74, 6) is 0.610. The lowest BCUT2D eigenvalue weighted by Crippen LogP contribution is -2.51. The van der Waals surface area contributed by atoms with Crippen molar-refractivity contribution in [2.45, 2.75) is 39.6 Å².